The van der Waals surface area contributed by atoms with Crippen LogP contribution < -0.4 is 4.74 Å². The topological polar surface area (TPSA) is 33.0 Å². The van der Waals surface area contributed by atoms with Crippen molar-refractivity contribution >= 4 is 10.8 Å². The Kier molecular flexibility index (Phi) is 4.07. The zero-order chi connectivity index (χ0) is 15.4. The highest BCUT2D eigenvalue weighted by atomic mass is 16.5. The van der Waals surface area contributed by atoms with E-state index in [1.54, 1.807) is 7.11 Å². The van der Waals surface area contributed by atoms with Crippen molar-refractivity contribution < 1.29 is 4.74 Å². The van der Waals surface area contributed by atoms with Gasteiger partial charge in [-0.15, -0.1) is 0 Å². The van der Waals surface area contributed by atoms with E-state index < -0.39 is 0 Å². The van der Waals surface area contributed by atoms with Gasteiger partial charge in [0.1, 0.15) is 5.75 Å². The smallest absolute Gasteiger partial charge is 0.118 e. The van der Waals surface area contributed by atoms with Crippen molar-refractivity contribution in [3.05, 3.63) is 77.9 Å². The van der Waals surface area contributed by atoms with Crippen molar-refractivity contribution in [2.45, 2.75) is 12.3 Å². The van der Waals surface area contributed by atoms with E-state index >= 15 is 0 Å². The first-order valence-electron chi connectivity index (χ1n) is 7.32. The van der Waals surface area contributed by atoms with Crippen LogP contribution >= 0.6 is 0 Å². The van der Waals surface area contributed by atoms with Crippen LogP contribution in [0.4, 0.5) is 0 Å². The number of hydrogen-bond acceptors (Lipinski definition) is 2. The highest BCUT2D eigenvalue weighted by molar-refractivity contribution is 5.86. The van der Waals surface area contributed by atoms with Crippen LogP contribution in [-0.2, 0) is 6.42 Å². The first-order chi connectivity index (χ1) is 10.8. The molecule has 1 atom stereocenters. The summed E-state index contributed by atoms with van der Waals surface area (Å²) in [6.07, 6.45) is 0.703. The Hall–Kier alpha value is -2.79. The number of nitrogens with zero attached hydrogens (tertiary/aromatic N) is 1. The van der Waals surface area contributed by atoms with Gasteiger partial charge in [0.25, 0.3) is 0 Å². The molecule has 0 saturated carbocycles. The number of ether oxygens (including phenoxy) is 1. The third-order valence-electron chi connectivity index (χ3n) is 3.95. The molecule has 3 aromatic carbocycles. The molecule has 0 aliphatic rings. The number of hydrogen-bond donors (Lipinski definition) is 0. The van der Waals surface area contributed by atoms with E-state index in [-0.39, 0.29) is 5.92 Å². The van der Waals surface area contributed by atoms with E-state index in [1.807, 2.05) is 42.5 Å². The molecule has 0 N–H and O–H groups in total. The third kappa shape index (κ3) is 2.80. The van der Waals surface area contributed by atoms with Crippen LogP contribution in [0.5, 0.6) is 5.75 Å². The number of benzene rings is 3. The van der Waals surface area contributed by atoms with Crippen molar-refractivity contribution in [3.8, 4) is 11.8 Å². The molecule has 0 radical (unpaired) electrons. The van der Waals surface area contributed by atoms with Gasteiger partial charge in [0.15, 0.2) is 0 Å². The number of fused-ring (bicyclic) bond motifs is 1. The normalized spacial score (nSPS) is 11.8. The van der Waals surface area contributed by atoms with Crippen molar-refractivity contribution in [3.63, 3.8) is 0 Å². The van der Waals surface area contributed by atoms with Gasteiger partial charge in [-0.2, -0.15) is 5.26 Å². The average Bonchev–Trinajstić information content (AvgIpc) is 2.60. The maximum Gasteiger partial charge on any atom is 0.118 e. The summed E-state index contributed by atoms with van der Waals surface area (Å²) in [5.41, 5.74) is 2.23. The lowest BCUT2D eigenvalue weighted by molar-refractivity contribution is 0.414. The second-order valence-corrected chi connectivity index (χ2v) is 5.30. The van der Waals surface area contributed by atoms with E-state index in [9.17, 15) is 5.26 Å². The SMILES string of the molecule is COc1ccc(CC(C#N)c2cccc3ccccc23)cc1. The molecule has 2 nitrogen and oxygen atoms in total. The van der Waals surface area contributed by atoms with Crippen LogP contribution in [0.15, 0.2) is 66.7 Å². The quantitative estimate of drug-likeness (QED) is 0.697. The minimum absolute atomic E-state index is 0.153. The molecule has 3 aromatic rings. The number of methoxy groups -OCH3 is 1. The van der Waals surface area contributed by atoms with Gasteiger partial charge in [-0.05, 0) is 40.5 Å². The summed E-state index contributed by atoms with van der Waals surface area (Å²) >= 11 is 0. The highest BCUT2D eigenvalue weighted by Crippen LogP contribution is 2.28. The Morgan fingerprint density at radius 2 is 1.68 bits per heavy atom. The van der Waals surface area contributed by atoms with E-state index in [4.69, 9.17) is 4.74 Å². The fraction of sp³-hybridized carbons (Fsp3) is 0.150. The molecule has 108 valence electrons. The van der Waals surface area contributed by atoms with Crippen molar-refractivity contribution in [2.24, 2.45) is 0 Å². The highest BCUT2D eigenvalue weighted by Gasteiger charge is 2.14. The maximum absolute atomic E-state index is 9.63. The Morgan fingerprint density at radius 1 is 0.955 bits per heavy atom. The molecule has 3 rings (SSSR count). The largest absolute Gasteiger partial charge is 0.497 e. The molecule has 0 bridgehead atoms. The average molecular weight is 287 g/mol. The van der Waals surface area contributed by atoms with Crippen LogP contribution in [0.2, 0.25) is 0 Å². The maximum atomic E-state index is 9.63. The summed E-state index contributed by atoms with van der Waals surface area (Å²) in [5.74, 6) is 0.682. The molecule has 0 spiro atoms. The van der Waals surface area contributed by atoms with Gasteiger partial charge in [-0.25, -0.2) is 0 Å². The molecule has 22 heavy (non-hydrogen) atoms. The predicted molar refractivity (Wildman–Crippen MR) is 89.0 cm³/mol. The summed E-state index contributed by atoms with van der Waals surface area (Å²) < 4.78 is 5.18. The summed E-state index contributed by atoms with van der Waals surface area (Å²) in [5, 5.41) is 12.0. The lowest BCUT2D eigenvalue weighted by Gasteiger charge is -2.13. The van der Waals surface area contributed by atoms with E-state index in [2.05, 4.69) is 30.3 Å². The van der Waals surface area contributed by atoms with Crippen LogP contribution in [-0.4, -0.2) is 7.11 Å². The molecule has 0 fully saturated rings. The molecule has 0 saturated heterocycles. The fourth-order valence-corrected chi connectivity index (χ4v) is 2.78. The summed E-state index contributed by atoms with van der Waals surface area (Å²) in [6.45, 7) is 0. The van der Waals surface area contributed by atoms with Gasteiger partial charge in [-0.1, -0.05) is 54.6 Å². The Balaban J connectivity index is 1.94. The lowest BCUT2D eigenvalue weighted by Crippen LogP contribution is -2.01. The van der Waals surface area contributed by atoms with Gasteiger partial charge < -0.3 is 4.74 Å². The monoisotopic (exact) mass is 287 g/mol. The minimum Gasteiger partial charge on any atom is -0.497 e. The molecule has 0 aliphatic heterocycles. The van der Waals surface area contributed by atoms with Gasteiger partial charge in [0.2, 0.25) is 0 Å². The second kappa shape index (κ2) is 6.32. The lowest BCUT2D eigenvalue weighted by atomic mass is 9.89. The third-order valence-corrected chi connectivity index (χ3v) is 3.95. The van der Waals surface area contributed by atoms with E-state index in [1.165, 1.54) is 5.39 Å². The molecule has 1 unspecified atom stereocenters. The van der Waals surface area contributed by atoms with Gasteiger partial charge >= 0.3 is 0 Å². The van der Waals surface area contributed by atoms with Crippen LogP contribution in [0.3, 0.4) is 0 Å². The Bertz CT molecular complexity index is 810. The van der Waals surface area contributed by atoms with E-state index in [0.29, 0.717) is 6.42 Å². The molecule has 0 amide bonds. The molecular formula is C20H17NO. The molecule has 2 heteroatoms. The summed E-state index contributed by atoms with van der Waals surface area (Å²) in [6, 6.07) is 24.8. The van der Waals surface area contributed by atoms with Crippen molar-refractivity contribution in [1.29, 1.82) is 5.26 Å². The Labute approximate surface area is 130 Å². The first-order valence-corrected chi connectivity index (χ1v) is 7.32. The molecule has 0 aliphatic carbocycles. The summed E-state index contributed by atoms with van der Waals surface area (Å²) in [7, 11) is 1.66. The van der Waals surface area contributed by atoms with Crippen LogP contribution in [0.25, 0.3) is 10.8 Å². The van der Waals surface area contributed by atoms with Crippen LogP contribution in [0.1, 0.15) is 17.0 Å². The minimum atomic E-state index is -0.153. The zero-order valence-electron chi connectivity index (χ0n) is 12.5. The predicted octanol–water partition coefficient (Wildman–Crippen LogP) is 4.70. The number of rotatable bonds is 4. The van der Waals surface area contributed by atoms with Crippen LogP contribution in [0, 0.1) is 11.3 Å². The first kappa shape index (κ1) is 14.2. The molecule has 0 heterocycles. The Morgan fingerprint density at radius 3 is 2.41 bits per heavy atom. The second-order valence-electron chi connectivity index (χ2n) is 5.30. The zero-order valence-corrected chi connectivity index (χ0v) is 12.5. The van der Waals surface area contributed by atoms with Gasteiger partial charge in [0, 0.05) is 0 Å². The standard InChI is InChI=1S/C20H17NO/c1-22-18-11-9-15(10-12-18)13-17(14-21)20-8-4-6-16-5-2-3-7-19(16)20/h2-12,17H,13H2,1H3. The molecular weight excluding hydrogens is 270 g/mol. The van der Waals surface area contributed by atoms with E-state index in [0.717, 1.165) is 22.3 Å². The van der Waals surface area contributed by atoms with Gasteiger partial charge in [0.05, 0.1) is 19.1 Å². The van der Waals surface area contributed by atoms with Crippen molar-refractivity contribution in [1.82, 2.24) is 0 Å². The van der Waals surface area contributed by atoms with Gasteiger partial charge in [-0.3, -0.25) is 0 Å². The summed E-state index contributed by atoms with van der Waals surface area (Å²) in [4.78, 5) is 0. The van der Waals surface area contributed by atoms with Crippen molar-refractivity contribution in [2.75, 3.05) is 7.11 Å². The number of nitriles is 1. The fourth-order valence-electron chi connectivity index (χ4n) is 2.78. The molecule has 0 aromatic heterocycles.